The van der Waals surface area contributed by atoms with Gasteiger partial charge in [-0.25, -0.2) is 0 Å². The summed E-state index contributed by atoms with van der Waals surface area (Å²) in [6.07, 6.45) is -1.36. The normalized spacial score (nSPS) is 24.4. The number of hydrogen-bond acceptors (Lipinski definition) is 7. The summed E-state index contributed by atoms with van der Waals surface area (Å²) >= 11 is 0. The minimum Gasteiger partial charge on any atom is -0.455 e. The Balaban J connectivity index is 2.13. The van der Waals surface area contributed by atoms with Crippen molar-refractivity contribution in [3.8, 4) is 0 Å². The summed E-state index contributed by atoms with van der Waals surface area (Å²) in [5.41, 5.74) is 9.49. The molecule has 0 aliphatic carbocycles. The van der Waals surface area contributed by atoms with Gasteiger partial charge in [-0.15, -0.1) is 0 Å². The largest absolute Gasteiger partial charge is 0.455 e. The van der Waals surface area contributed by atoms with Crippen molar-refractivity contribution in [1.29, 1.82) is 0 Å². The second-order valence-electron chi connectivity index (χ2n) is 6.94. The molecule has 29 heavy (non-hydrogen) atoms. The van der Waals surface area contributed by atoms with Gasteiger partial charge in [-0.3, -0.25) is 9.59 Å². The van der Waals surface area contributed by atoms with Gasteiger partial charge in [0.25, 0.3) is 0 Å². The van der Waals surface area contributed by atoms with E-state index in [0.717, 1.165) is 5.56 Å². The van der Waals surface area contributed by atoms with E-state index in [4.69, 9.17) is 24.5 Å². The summed E-state index contributed by atoms with van der Waals surface area (Å²) in [6, 6.07) is 9.70. The number of hydrogen-bond donors (Lipinski definition) is 0. The van der Waals surface area contributed by atoms with Gasteiger partial charge in [0.05, 0.1) is 18.8 Å². The number of carbonyl (C=O) groups excluding carboxylic acids is 2. The molecular formula is C20H27N3O6. The predicted octanol–water partition coefficient (Wildman–Crippen LogP) is 3.52. The molecule has 0 bridgehead atoms. The summed E-state index contributed by atoms with van der Waals surface area (Å²) in [5, 5.41) is 3.56. The van der Waals surface area contributed by atoms with Crippen LogP contribution in [-0.2, 0) is 35.1 Å². The highest BCUT2D eigenvalue weighted by Crippen LogP contribution is 2.35. The fourth-order valence-corrected chi connectivity index (χ4v) is 3.36. The monoisotopic (exact) mass is 405 g/mol. The van der Waals surface area contributed by atoms with Gasteiger partial charge in [0.15, 0.2) is 6.10 Å². The highest BCUT2D eigenvalue weighted by atomic mass is 16.7. The Labute approximate surface area is 169 Å². The molecule has 1 aromatic carbocycles. The number of ether oxygens (including phenoxy) is 4. The summed E-state index contributed by atoms with van der Waals surface area (Å²) in [6.45, 7) is 5.15. The van der Waals surface area contributed by atoms with Crippen molar-refractivity contribution in [2.45, 2.75) is 64.8 Å². The quantitative estimate of drug-likeness (QED) is 0.193. The molecule has 1 heterocycles. The summed E-state index contributed by atoms with van der Waals surface area (Å²) in [7, 11) is 0. The van der Waals surface area contributed by atoms with Gasteiger partial charge in [-0.2, -0.15) is 0 Å². The zero-order chi connectivity index (χ0) is 21.2. The van der Waals surface area contributed by atoms with E-state index >= 15 is 0 Å². The number of esters is 2. The Kier molecular flexibility index (Phi) is 8.92. The van der Waals surface area contributed by atoms with Crippen molar-refractivity contribution in [1.82, 2.24) is 0 Å². The number of carbonyl (C=O) groups is 2. The lowest BCUT2D eigenvalue weighted by Crippen LogP contribution is -2.36. The first-order valence-corrected chi connectivity index (χ1v) is 9.58. The third-order valence-corrected chi connectivity index (χ3v) is 4.66. The second kappa shape index (κ2) is 11.4. The smallest absolute Gasteiger partial charge is 0.305 e. The first-order valence-electron chi connectivity index (χ1n) is 9.58. The minimum absolute atomic E-state index is 0.261. The van der Waals surface area contributed by atoms with Gasteiger partial charge < -0.3 is 18.9 Å². The number of rotatable bonds is 10. The van der Waals surface area contributed by atoms with Crippen molar-refractivity contribution in [3.05, 3.63) is 46.3 Å². The molecular weight excluding hydrogens is 378 g/mol. The molecule has 9 nitrogen and oxygen atoms in total. The second-order valence-corrected chi connectivity index (χ2v) is 6.94. The first kappa shape index (κ1) is 22.7. The van der Waals surface area contributed by atoms with Crippen LogP contribution in [0.4, 0.5) is 0 Å². The predicted molar refractivity (Wildman–Crippen MR) is 103 cm³/mol. The third kappa shape index (κ3) is 7.05. The lowest BCUT2D eigenvalue weighted by molar-refractivity contribution is -0.201. The maximum absolute atomic E-state index is 11.5. The number of nitrogens with zero attached hydrogens (tertiary/aromatic N) is 3. The average Bonchev–Trinajstić information content (AvgIpc) is 2.97. The molecule has 1 aromatic rings. The highest BCUT2D eigenvalue weighted by molar-refractivity contribution is 5.67. The van der Waals surface area contributed by atoms with Gasteiger partial charge in [-0.1, -0.05) is 42.4 Å². The van der Waals surface area contributed by atoms with Crippen LogP contribution in [-0.4, -0.2) is 43.1 Å². The Hall–Kier alpha value is -2.61. The Morgan fingerprint density at radius 3 is 2.52 bits per heavy atom. The van der Waals surface area contributed by atoms with Crippen LogP contribution in [0.1, 0.15) is 39.2 Å². The summed E-state index contributed by atoms with van der Waals surface area (Å²) < 4.78 is 22.7. The van der Waals surface area contributed by atoms with Gasteiger partial charge in [0, 0.05) is 31.2 Å². The van der Waals surface area contributed by atoms with Gasteiger partial charge >= 0.3 is 11.9 Å². The SMILES string of the molecule is CC(=O)O[C@@H]1O[C@H]([C@@H](CCCN=[N+]=[N-])OCc2ccccc2)C(C)[C@@H]1OC(C)=O. The topological polar surface area (TPSA) is 120 Å². The Morgan fingerprint density at radius 1 is 1.21 bits per heavy atom. The van der Waals surface area contributed by atoms with Crippen LogP contribution in [0, 0.1) is 5.92 Å². The van der Waals surface area contributed by atoms with E-state index in [2.05, 4.69) is 10.0 Å². The maximum Gasteiger partial charge on any atom is 0.305 e. The maximum atomic E-state index is 11.5. The van der Waals surface area contributed by atoms with E-state index in [0.29, 0.717) is 26.0 Å². The molecule has 158 valence electrons. The molecule has 1 saturated heterocycles. The van der Waals surface area contributed by atoms with Crippen LogP contribution in [0.5, 0.6) is 0 Å². The molecule has 1 aliphatic heterocycles. The molecule has 0 spiro atoms. The van der Waals surface area contributed by atoms with Gasteiger partial charge in [-0.05, 0) is 23.9 Å². The van der Waals surface area contributed by atoms with Crippen molar-refractivity contribution in [2.24, 2.45) is 11.0 Å². The minimum atomic E-state index is -0.989. The van der Waals surface area contributed by atoms with Crippen molar-refractivity contribution in [2.75, 3.05) is 6.54 Å². The van der Waals surface area contributed by atoms with Crippen molar-refractivity contribution < 1.29 is 28.5 Å². The number of azide groups is 1. The molecule has 0 saturated carbocycles. The number of benzene rings is 1. The van der Waals surface area contributed by atoms with Crippen LogP contribution < -0.4 is 0 Å². The van der Waals surface area contributed by atoms with E-state index in [-0.39, 0.29) is 12.0 Å². The van der Waals surface area contributed by atoms with E-state index in [9.17, 15) is 9.59 Å². The lowest BCUT2D eigenvalue weighted by atomic mass is 9.94. The molecule has 0 radical (unpaired) electrons. The van der Waals surface area contributed by atoms with Crippen molar-refractivity contribution >= 4 is 11.9 Å². The van der Waals surface area contributed by atoms with Gasteiger partial charge in [0.2, 0.25) is 6.29 Å². The van der Waals surface area contributed by atoms with E-state index in [1.54, 1.807) is 0 Å². The molecule has 2 rings (SSSR count). The third-order valence-electron chi connectivity index (χ3n) is 4.66. The van der Waals surface area contributed by atoms with Crippen molar-refractivity contribution in [3.63, 3.8) is 0 Å². The van der Waals surface area contributed by atoms with E-state index in [1.165, 1.54) is 13.8 Å². The van der Waals surface area contributed by atoms with Crippen LogP contribution in [0.15, 0.2) is 35.4 Å². The van der Waals surface area contributed by atoms with Crippen LogP contribution >= 0.6 is 0 Å². The molecule has 9 heteroatoms. The van der Waals surface area contributed by atoms with E-state index in [1.807, 2.05) is 37.3 Å². The zero-order valence-electron chi connectivity index (χ0n) is 16.9. The summed E-state index contributed by atoms with van der Waals surface area (Å²) in [4.78, 5) is 25.7. The Morgan fingerprint density at radius 2 is 1.90 bits per heavy atom. The Bertz CT molecular complexity index is 722. The van der Waals surface area contributed by atoms with Crippen LogP contribution in [0.2, 0.25) is 0 Å². The molecule has 1 fully saturated rings. The van der Waals surface area contributed by atoms with E-state index < -0.39 is 30.4 Å². The van der Waals surface area contributed by atoms with Crippen LogP contribution in [0.25, 0.3) is 10.4 Å². The molecule has 1 unspecified atom stereocenters. The lowest BCUT2D eigenvalue weighted by Gasteiger charge is -2.26. The fourth-order valence-electron chi connectivity index (χ4n) is 3.36. The highest BCUT2D eigenvalue weighted by Gasteiger charge is 2.49. The first-order chi connectivity index (χ1) is 13.9. The molecule has 1 aliphatic rings. The zero-order valence-corrected chi connectivity index (χ0v) is 16.9. The fraction of sp³-hybridized carbons (Fsp3) is 0.600. The molecule has 0 amide bonds. The standard InChI is InChI=1S/C20H27N3O6/c1-13-18(29-20(28-15(3)25)19(13)27-14(2)24)17(10-7-11-22-23-21)26-12-16-8-5-4-6-9-16/h4-6,8-9,13,17-20H,7,10-12H2,1-3H3/t13?,17-,18+,19+,20-/m1/s1. The van der Waals surface area contributed by atoms with Gasteiger partial charge in [0.1, 0.15) is 0 Å². The average molecular weight is 405 g/mol. The molecule has 5 atom stereocenters. The summed E-state index contributed by atoms with van der Waals surface area (Å²) in [5.74, 6) is -1.26. The molecule has 0 N–H and O–H groups in total. The molecule has 0 aromatic heterocycles. The van der Waals surface area contributed by atoms with Crippen LogP contribution in [0.3, 0.4) is 0 Å².